The Morgan fingerprint density at radius 1 is 0.700 bits per heavy atom. The van der Waals surface area contributed by atoms with Crippen molar-refractivity contribution in [1.82, 2.24) is 0 Å². The molecule has 4 heteroatoms. The van der Waals surface area contributed by atoms with E-state index in [1.165, 1.54) is 0 Å². The summed E-state index contributed by atoms with van der Waals surface area (Å²) >= 11 is 0. The largest absolute Gasteiger partial charge is 0.353 e. The predicted octanol–water partition coefficient (Wildman–Crippen LogP) is 3.90. The van der Waals surface area contributed by atoms with E-state index < -0.39 is 0 Å². The Morgan fingerprint density at radius 3 is 1.45 bits per heavy atom. The summed E-state index contributed by atoms with van der Waals surface area (Å²) < 4.78 is 21.9. The van der Waals surface area contributed by atoms with Gasteiger partial charge in [0.15, 0.2) is 12.6 Å². The fraction of sp³-hybridized carbons (Fsp3) is 0.875. The standard InChI is InChI=1S/C16H32O4/c1-5-7-11-17-15(3)19-13-9-10-14-20-16(4)18-12-8-6-2/h9-10,15-16H,5-8,11-14H2,1-4H3/b10-9+. The van der Waals surface area contributed by atoms with Gasteiger partial charge in [0.25, 0.3) is 0 Å². The fourth-order valence-electron chi connectivity index (χ4n) is 1.40. The first-order chi connectivity index (χ1) is 9.70. The molecule has 0 rings (SSSR count). The molecule has 2 unspecified atom stereocenters. The smallest absolute Gasteiger partial charge is 0.155 e. The Hall–Kier alpha value is -0.420. The summed E-state index contributed by atoms with van der Waals surface area (Å²) in [5.74, 6) is 0. The Bertz CT molecular complexity index is 197. The van der Waals surface area contributed by atoms with Gasteiger partial charge in [-0.05, 0) is 26.7 Å². The first kappa shape index (κ1) is 19.6. The monoisotopic (exact) mass is 288 g/mol. The maximum Gasteiger partial charge on any atom is 0.155 e. The van der Waals surface area contributed by atoms with E-state index in [1.807, 2.05) is 26.0 Å². The topological polar surface area (TPSA) is 36.9 Å². The lowest BCUT2D eigenvalue weighted by Crippen LogP contribution is -2.14. The van der Waals surface area contributed by atoms with Crippen LogP contribution >= 0.6 is 0 Å². The van der Waals surface area contributed by atoms with Gasteiger partial charge in [-0.25, -0.2) is 0 Å². The van der Waals surface area contributed by atoms with Crippen LogP contribution in [0.1, 0.15) is 53.4 Å². The van der Waals surface area contributed by atoms with Gasteiger partial charge in [0.1, 0.15) is 0 Å². The summed E-state index contributed by atoms with van der Waals surface area (Å²) in [4.78, 5) is 0. The Morgan fingerprint density at radius 2 is 1.10 bits per heavy atom. The SMILES string of the molecule is CCCCOC(C)OC/C=C/COC(C)OCCCC. The first-order valence-electron chi connectivity index (χ1n) is 7.82. The van der Waals surface area contributed by atoms with Crippen molar-refractivity contribution in [2.24, 2.45) is 0 Å². The van der Waals surface area contributed by atoms with E-state index in [0.29, 0.717) is 13.2 Å². The molecule has 0 aliphatic heterocycles. The highest BCUT2D eigenvalue weighted by molar-refractivity contribution is 4.81. The summed E-state index contributed by atoms with van der Waals surface area (Å²) in [6, 6.07) is 0. The molecule has 0 saturated carbocycles. The zero-order chi connectivity index (χ0) is 15.1. The van der Waals surface area contributed by atoms with E-state index in [2.05, 4.69) is 13.8 Å². The molecule has 20 heavy (non-hydrogen) atoms. The van der Waals surface area contributed by atoms with Crippen LogP contribution in [0, 0.1) is 0 Å². The van der Waals surface area contributed by atoms with Crippen molar-refractivity contribution in [3.63, 3.8) is 0 Å². The quantitative estimate of drug-likeness (QED) is 0.276. The van der Waals surface area contributed by atoms with Gasteiger partial charge in [0.2, 0.25) is 0 Å². The molecule has 4 nitrogen and oxygen atoms in total. The average Bonchev–Trinajstić information content (AvgIpc) is 2.43. The van der Waals surface area contributed by atoms with Crippen molar-refractivity contribution in [2.45, 2.75) is 66.0 Å². The molecule has 0 radical (unpaired) electrons. The summed E-state index contributed by atoms with van der Waals surface area (Å²) in [6.07, 6.45) is 8.02. The van der Waals surface area contributed by atoms with Crippen molar-refractivity contribution in [3.05, 3.63) is 12.2 Å². The van der Waals surface area contributed by atoms with E-state index in [0.717, 1.165) is 38.9 Å². The molecule has 0 fully saturated rings. The third kappa shape index (κ3) is 14.0. The van der Waals surface area contributed by atoms with Gasteiger partial charge >= 0.3 is 0 Å². The maximum atomic E-state index is 5.48. The molecule has 0 bridgehead atoms. The van der Waals surface area contributed by atoms with Crippen LogP contribution < -0.4 is 0 Å². The maximum absolute atomic E-state index is 5.48. The van der Waals surface area contributed by atoms with E-state index in [9.17, 15) is 0 Å². The fourth-order valence-corrected chi connectivity index (χ4v) is 1.40. The van der Waals surface area contributed by atoms with Crippen molar-refractivity contribution >= 4 is 0 Å². The third-order valence-corrected chi connectivity index (χ3v) is 2.72. The molecular formula is C16H32O4. The van der Waals surface area contributed by atoms with Gasteiger partial charge < -0.3 is 18.9 Å². The average molecular weight is 288 g/mol. The van der Waals surface area contributed by atoms with Crippen LogP contribution in [0.15, 0.2) is 12.2 Å². The van der Waals surface area contributed by atoms with Gasteiger partial charge in [0.05, 0.1) is 13.2 Å². The van der Waals surface area contributed by atoms with Crippen molar-refractivity contribution in [2.75, 3.05) is 26.4 Å². The summed E-state index contributed by atoms with van der Waals surface area (Å²) in [7, 11) is 0. The number of hydrogen-bond donors (Lipinski definition) is 0. The molecule has 0 aliphatic carbocycles. The molecule has 0 aromatic carbocycles. The summed E-state index contributed by atoms with van der Waals surface area (Å²) in [5.41, 5.74) is 0. The summed E-state index contributed by atoms with van der Waals surface area (Å²) in [5, 5.41) is 0. The Balaban J connectivity index is 3.38. The second-order valence-electron chi connectivity index (χ2n) is 4.72. The van der Waals surface area contributed by atoms with E-state index in [1.54, 1.807) is 0 Å². The highest BCUT2D eigenvalue weighted by atomic mass is 16.7. The molecule has 0 aromatic rings. The zero-order valence-electron chi connectivity index (χ0n) is 13.6. The molecule has 0 amide bonds. The van der Waals surface area contributed by atoms with Crippen LogP contribution in [-0.2, 0) is 18.9 Å². The van der Waals surface area contributed by atoms with Gasteiger partial charge in [-0.1, -0.05) is 38.8 Å². The minimum Gasteiger partial charge on any atom is -0.353 e. The van der Waals surface area contributed by atoms with Crippen LogP contribution in [-0.4, -0.2) is 39.0 Å². The molecule has 0 saturated heterocycles. The van der Waals surface area contributed by atoms with Crippen LogP contribution in [0.3, 0.4) is 0 Å². The van der Waals surface area contributed by atoms with Crippen LogP contribution in [0.25, 0.3) is 0 Å². The first-order valence-corrected chi connectivity index (χ1v) is 7.82. The van der Waals surface area contributed by atoms with Gasteiger partial charge in [0, 0.05) is 13.2 Å². The lowest BCUT2D eigenvalue weighted by atomic mass is 10.4. The predicted molar refractivity (Wildman–Crippen MR) is 81.7 cm³/mol. The normalized spacial score (nSPS) is 14.8. The minimum absolute atomic E-state index is 0.150. The number of rotatable bonds is 14. The van der Waals surface area contributed by atoms with E-state index >= 15 is 0 Å². The lowest BCUT2D eigenvalue weighted by Gasteiger charge is -2.13. The van der Waals surface area contributed by atoms with Crippen LogP contribution in [0.5, 0.6) is 0 Å². The van der Waals surface area contributed by atoms with Gasteiger partial charge in [-0.3, -0.25) is 0 Å². The Labute approximate surface area is 124 Å². The van der Waals surface area contributed by atoms with Crippen LogP contribution in [0.2, 0.25) is 0 Å². The third-order valence-electron chi connectivity index (χ3n) is 2.72. The number of hydrogen-bond acceptors (Lipinski definition) is 4. The second-order valence-corrected chi connectivity index (χ2v) is 4.72. The number of unbranched alkanes of at least 4 members (excludes halogenated alkanes) is 2. The molecular weight excluding hydrogens is 256 g/mol. The van der Waals surface area contributed by atoms with Crippen molar-refractivity contribution < 1.29 is 18.9 Å². The molecule has 0 heterocycles. The second kappa shape index (κ2) is 15.0. The molecule has 0 aliphatic rings. The van der Waals surface area contributed by atoms with Gasteiger partial charge in [-0.15, -0.1) is 0 Å². The lowest BCUT2D eigenvalue weighted by molar-refractivity contribution is -0.125. The highest BCUT2D eigenvalue weighted by Gasteiger charge is 2.00. The van der Waals surface area contributed by atoms with Crippen molar-refractivity contribution in [3.8, 4) is 0 Å². The van der Waals surface area contributed by atoms with Crippen molar-refractivity contribution in [1.29, 1.82) is 0 Å². The molecule has 0 aromatic heterocycles. The summed E-state index contributed by atoms with van der Waals surface area (Å²) in [6.45, 7) is 10.7. The van der Waals surface area contributed by atoms with E-state index in [4.69, 9.17) is 18.9 Å². The molecule has 2 atom stereocenters. The molecule has 120 valence electrons. The zero-order valence-corrected chi connectivity index (χ0v) is 13.6. The number of ether oxygens (including phenoxy) is 4. The van der Waals surface area contributed by atoms with E-state index in [-0.39, 0.29) is 12.6 Å². The minimum atomic E-state index is -0.150. The molecule has 0 spiro atoms. The van der Waals surface area contributed by atoms with Crippen LogP contribution in [0.4, 0.5) is 0 Å². The Kier molecular flexibility index (Phi) is 14.7. The van der Waals surface area contributed by atoms with Gasteiger partial charge in [-0.2, -0.15) is 0 Å². The highest BCUT2D eigenvalue weighted by Crippen LogP contribution is 1.98. The molecule has 0 N–H and O–H groups in total.